The Morgan fingerprint density at radius 3 is 2.52 bits per heavy atom. The van der Waals surface area contributed by atoms with Gasteiger partial charge in [0.25, 0.3) is 0 Å². The smallest absolute Gasteiger partial charge is 0.223 e. The fourth-order valence-electron chi connectivity index (χ4n) is 4.82. The maximum atomic E-state index is 12.8. The van der Waals surface area contributed by atoms with E-state index in [1.807, 2.05) is 0 Å². The zero-order valence-corrected chi connectivity index (χ0v) is 13.8. The van der Waals surface area contributed by atoms with Crippen LogP contribution in [-0.2, 0) is 4.79 Å². The topological polar surface area (TPSA) is 32.3 Å². The molecular formula is C18H32N2O. The number of likely N-dealkylation sites (tertiary alicyclic amines) is 1. The molecule has 2 bridgehead atoms. The summed E-state index contributed by atoms with van der Waals surface area (Å²) in [7, 11) is 0. The summed E-state index contributed by atoms with van der Waals surface area (Å²) in [5.41, 5.74) is 0. The van der Waals surface area contributed by atoms with E-state index in [2.05, 4.69) is 24.1 Å². The largest absolute Gasteiger partial charge is 0.340 e. The van der Waals surface area contributed by atoms with Crippen molar-refractivity contribution in [1.29, 1.82) is 0 Å². The molecule has 3 rings (SSSR count). The molecule has 1 amide bonds. The Kier molecular flexibility index (Phi) is 4.88. The summed E-state index contributed by atoms with van der Waals surface area (Å²) in [6.07, 6.45) is 10.8. The molecule has 3 fully saturated rings. The number of rotatable bonds is 4. The third-order valence-corrected chi connectivity index (χ3v) is 5.72. The minimum absolute atomic E-state index is 0.451. The minimum Gasteiger partial charge on any atom is -0.340 e. The lowest BCUT2D eigenvalue weighted by atomic mass is 9.88. The van der Waals surface area contributed by atoms with Crippen molar-refractivity contribution in [1.82, 2.24) is 10.2 Å². The van der Waals surface area contributed by atoms with Gasteiger partial charge in [0, 0.05) is 31.1 Å². The number of nitrogens with one attached hydrogen (secondary N) is 1. The van der Waals surface area contributed by atoms with Crippen molar-refractivity contribution in [3.8, 4) is 0 Å². The predicted molar refractivity (Wildman–Crippen MR) is 86.1 cm³/mol. The third-order valence-electron chi connectivity index (χ3n) is 5.72. The van der Waals surface area contributed by atoms with Gasteiger partial charge in [-0.1, -0.05) is 13.8 Å². The Bertz CT molecular complexity index is 356. The Morgan fingerprint density at radius 2 is 1.86 bits per heavy atom. The van der Waals surface area contributed by atoms with Gasteiger partial charge in [-0.3, -0.25) is 4.79 Å². The van der Waals surface area contributed by atoms with Gasteiger partial charge < -0.3 is 10.2 Å². The van der Waals surface area contributed by atoms with Crippen molar-refractivity contribution in [2.24, 2.45) is 11.8 Å². The highest BCUT2D eigenvalue weighted by atomic mass is 16.2. The molecule has 3 aliphatic rings. The molecule has 0 saturated carbocycles. The monoisotopic (exact) mass is 292 g/mol. The van der Waals surface area contributed by atoms with E-state index in [9.17, 15) is 4.79 Å². The van der Waals surface area contributed by atoms with E-state index >= 15 is 0 Å². The number of fused-ring (bicyclic) bond motifs is 2. The SMILES string of the molecule is CC(C)CC1CCCCN1C(=O)CC1CC2CCC(C1)N2. The second-order valence-electron chi connectivity index (χ2n) is 8.05. The van der Waals surface area contributed by atoms with Gasteiger partial charge in [0.15, 0.2) is 0 Å². The molecule has 0 aromatic heterocycles. The number of piperidine rings is 2. The molecule has 3 atom stereocenters. The summed E-state index contributed by atoms with van der Waals surface area (Å²) in [6, 6.07) is 1.92. The van der Waals surface area contributed by atoms with Gasteiger partial charge >= 0.3 is 0 Å². The third kappa shape index (κ3) is 3.80. The lowest BCUT2D eigenvalue weighted by Gasteiger charge is -2.38. The van der Waals surface area contributed by atoms with Crippen molar-refractivity contribution in [2.45, 2.75) is 89.8 Å². The zero-order valence-electron chi connectivity index (χ0n) is 13.8. The van der Waals surface area contributed by atoms with Crippen molar-refractivity contribution in [3.63, 3.8) is 0 Å². The van der Waals surface area contributed by atoms with Crippen molar-refractivity contribution in [2.75, 3.05) is 6.54 Å². The number of carbonyl (C=O) groups excluding carboxylic acids is 1. The second kappa shape index (κ2) is 6.68. The van der Waals surface area contributed by atoms with Gasteiger partial charge in [0.1, 0.15) is 0 Å². The lowest BCUT2D eigenvalue weighted by molar-refractivity contribution is -0.136. The molecule has 3 heterocycles. The summed E-state index contributed by atoms with van der Waals surface area (Å²) in [6.45, 7) is 5.57. The van der Waals surface area contributed by atoms with Crippen LogP contribution in [0.1, 0.15) is 71.6 Å². The van der Waals surface area contributed by atoms with Gasteiger partial charge in [-0.05, 0) is 63.2 Å². The second-order valence-corrected chi connectivity index (χ2v) is 8.05. The normalized spacial score (nSPS) is 36.2. The van der Waals surface area contributed by atoms with Crippen molar-refractivity contribution < 1.29 is 4.79 Å². The fraction of sp³-hybridized carbons (Fsp3) is 0.944. The van der Waals surface area contributed by atoms with Crippen LogP contribution >= 0.6 is 0 Å². The number of nitrogens with zero attached hydrogens (tertiary/aromatic N) is 1. The molecule has 3 nitrogen and oxygen atoms in total. The summed E-state index contributed by atoms with van der Waals surface area (Å²) >= 11 is 0. The highest BCUT2D eigenvalue weighted by Gasteiger charge is 2.36. The molecule has 3 heteroatoms. The first kappa shape index (κ1) is 15.3. The highest BCUT2D eigenvalue weighted by Crippen LogP contribution is 2.34. The molecule has 0 aliphatic carbocycles. The molecule has 1 N–H and O–H groups in total. The molecule has 0 aromatic rings. The standard InChI is InChI=1S/C18H32N2O/c1-13(2)9-17-5-3-4-8-20(17)18(21)12-14-10-15-6-7-16(11-14)19-15/h13-17,19H,3-12H2,1-2H3. The van der Waals surface area contributed by atoms with Gasteiger partial charge in [0.05, 0.1) is 0 Å². The van der Waals surface area contributed by atoms with Gasteiger partial charge in [-0.15, -0.1) is 0 Å². The molecule has 120 valence electrons. The molecule has 0 radical (unpaired) electrons. The fourth-order valence-corrected chi connectivity index (χ4v) is 4.82. The average Bonchev–Trinajstić information content (AvgIpc) is 2.78. The highest BCUT2D eigenvalue weighted by molar-refractivity contribution is 5.77. The first-order chi connectivity index (χ1) is 10.1. The quantitative estimate of drug-likeness (QED) is 0.862. The van der Waals surface area contributed by atoms with E-state index in [1.165, 1.54) is 51.4 Å². The Labute approximate surface area is 129 Å². The summed E-state index contributed by atoms with van der Waals surface area (Å²) < 4.78 is 0. The van der Waals surface area contributed by atoms with E-state index in [4.69, 9.17) is 0 Å². The molecule has 0 spiro atoms. The van der Waals surface area contributed by atoms with E-state index in [-0.39, 0.29) is 0 Å². The maximum absolute atomic E-state index is 12.8. The van der Waals surface area contributed by atoms with Crippen LogP contribution in [0.4, 0.5) is 0 Å². The van der Waals surface area contributed by atoms with E-state index < -0.39 is 0 Å². The number of carbonyl (C=O) groups is 1. The van der Waals surface area contributed by atoms with Gasteiger partial charge in [0.2, 0.25) is 5.91 Å². The number of amides is 1. The van der Waals surface area contributed by atoms with Crippen LogP contribution in [0.3, 0.4) is 0 Å². The molecule has 0 aromatic carbocycles. The van der Waals surface area contributed by atoms with Crippen molar-refractivity contribution >= 4 is 5.91 Å². The summed E-state index contributed by atoms with van der Waals surface area (Å²) in [4.78, 5) is 15.0. The Balaban J connectivity index is 1.55. The van der Waals surface area contributed by atoms with E-state index in [0.717, 1.165) is 13.0 Å². The minimum atomic E-state index is 0.451. The van der Waals surface area contributed by atoms with Crippen molar-refractivity contribution in [3.05, 3.63) is 0 Å². The van der Waals surface area contributed by atoms with Gasteiger partial charge in [-0.25, -0.2) is 0 Å². The van der Waals surface area contributed by atoms with Crippen LogP contribution in [-0.4, -0.2) is 35.5 Å². The van der Waals surface area contributed by atoms with E-state index in [1.54, 1.807) is 0 Å². The predicted octanol–water partition coefficient (Wildman–Crippen LogP) is 3.33. The maximum Gasteiger partial charge on any atom is 0.223 e. The van der Waals surface area contributed by atoms with Crippen LogP contribution < -0.4 is 5.32 Å². The van der Waals surface area contributed by atoms with E-state index in [0.29, 0.717) is 35.9 Å². The van der Waals surface area contributed by atoms with Crippen LogP contribution in [0.5, 0.6) is 0 Å². The number of hydrogen-bond donors (Lipinski definition) is 1. The number of hydrogen-bond acceptors (Lipinski definition) is 2. The summed E-state index contributed by atoms with van der Waals surface area (Å²) in [5, 5.41) is 3.68. The Hall–Kier alpha value is -0.570. The molecule has 3 aliphatic heterocycles. The van der Waals surface area contributed by atoms with Gasteiger partial charge in [-0.2, -0.15) is 0 Å². The van der Waals surface area contributed by atoms with Crippen LogP contribution in [0.2, 0.25) is 0 Å². The first-order valence-corrected chi connectivity index (χ1v) is 9.17. The molecular weight excluding hydrogens is 260 g/mol. The van der Waals surface area contributed by atoms with Crippen LogP contribution in [0.15, 0.2) is 0 Å². The average molecular weight is 292 g/mol. The molecule has 21 heavy (non-hydrogen) atoms. The Morgan fingerprint density at radius 1 is 1.14 bits per heavy atom. The molecule has 3 unspecified atom stereocenters. The zero-order chi connectivity index (χ0) is 14.8. The first-order valence-electron chi connectivity index (χ1n) is 9.17. The lowest BCUT2D eigenvalue weighted by Crippen LogP contribution is -2.46. The molecule has 3 saturated heterocycles. The summed E-state index contributed by atoms with van der Waals surface area (Å²) in [5.74, 6) is 1.78. The van der Waals surface area contributed by atoms with Crippen LogP contribution in [0.25, 0.3) is 0 Å². The van der Waals surface area contributed by atoms with Crippen LogP contribution in [0, 0.1) is 11.8 Å².